The number of hydrogen-bond acceptors (Lipinski definition) is 5. The van der Waals surface area contributed by atoms with Gasteiger partial charge in [-0.2, -0.15) is 5.10 Å². The largest absolute Gasteiger partial charge is 0.350 e. The molecule has 160 valence electrons. The van der Waals surface area contributed by atoms with Gasteiger partial charge in [0.2, 0.25) is 11.8 Å². The fourth-order valence-electron chi connectivity index (χ4n) is 4.25. The maximum absolute atomic E-state index is 14.2. The Labute approximate surface area is 174 Å². The summed E-state index contributed by atoms with van der Waals surface area (Å²) in [5, 5.41) is 10.3. The average molecular weight is 414 g/mol. The second kappa shape index (κ2) is 8.91. The third-order valence-corrected chi connectivity index (χ3v) is 5.80. The highest BCUT2D eigenvalue weighted by molar-refractivity contribution is 5.90. The first-order chi connectivity index (χ1) is 14.5. The fourth-order valence-corrected chi connectivity index (χ4v) is 4.25. The molecule has 2 fully saturated rings. The number of aromatic nitrogens is 3. The van der Waals surface area contributed by atoms with Crippen molar-refractivity contribution in [3.8, 4) is 5.69 Å². The van der Waals surface area contributed by atoms with Gasteiger partial charge < -0.3 is 15.5 Å². The first-order valence-electron chi connectivity index (χ1n) is 10.4. The molecule has 1 aromatic heterocycles. The minimum absolute atomic E-state index is 0.0241. The van der Waals surface area contributed by atoms with E-state index in [1.807, 2.05) is 25.1 Å². The van der Waals surface area contributed by atoms with E-state index in [0.29, 0.717) is 0 Å². The predicted octanol–water partition coefficient (Wildman–Crippen LogP) is 1.27. The number of hydrogen-bond donors (Lipinski definition) is 2. The molecule has 0 radical (unpaired) electrons. The zero-order valence-electron chi connectivity index (χ0n) is 17.1. The number of halogens is 1. The van der Waals surface area contributed by atoms with E-state index in [2.05, 4.69) is 20.7 Å². The van der Waals surface area contributed by atoms with Crippen molar-refractivity contribution in [1.82, 2.24) is 30.3 Å². The number of likely N-dealkylation sites (tertiary alicyclic amines) is 1. The Bertz CT molecular complexity index is 897. The van der Waals surface area contributed by atoms with E-state index in [4.69, 9.17) is 0 Å². The quantitative estimate of drug-likeness (QED) is 0.769. The monoisotopic (exact) mass is 414 g/mol. The van der Waals surface area contributed by atoms with E-state index in [9.17, 15) is 14.0 Å². The van der Waals surface area contributed by atoms with Gasteiger partial charge in [-0.3, -0.25) is 9.59 Å². The Morgan fingerprint density at radius 3 is 2.93 bits per heavy atom. The summed E-state index contributed by atoms with van der Waals surface area (Å²) in [6.07, 6.45) is 4.62. The molecule has 30 heavy (non-hydrogen) atoms. The van der Waals surface area contributed by atoms with Gasteiger partial charge in [-0.15, -0.1) is 0 Å². The molecule has 3 atom stereocenters. The molecule has 2 aromatic rings. The highest BCUT2D eigenvalue weighted by atomic mass is 19.1. The number of rotatable bonds is 5. The van der Waals surface area contributed by atoms with Gasteiger partial charge in [-0.05, 0) is 37.9 Å². The minimum atomic E-state index is -1.18. The third kappa shape index (κ3) is 4.35. The number of nitrogens with zero attached hydrogens (tertiary/aromatic N) is 4. The number of carbonyl (C=O) groups is 2. The summed E-state index contributed by atoms with van der Waals surface area (Å²) in [4.78, 5) is 31.2. The maximum Gasteiger partial charge on any atom is 0.243 e. The number of carbonyl (C=O) groups excluding carboxylic acids is 2. The van der Waals surface area contributed by atoms with Crippen LogP contribution in [-0.2, 0) is 16.1 Å². The maximum atomic E-state index is 14.2. The number of alkyl halides is 1. The summed E-state index contributed by atoms with van der Waals surface area (Å²) >= 11 is 0. The summed E-state index contributed by atoms with van der Waals surface area (Å²) in [7, 11) is 0. The molecule has 2 aliphatic rings. The van der Waals surface area contributed by atoms with Crippen LogP contribution in [0.4, 0.5) is 4.39 Å². The molecular formula is C21H27FN6O2. The van der Waals surface area contributed by atoms with Crippen LogP contribution in [0.3, 0.4) is 0 Å². The number of nitrogens with one attached hydrogen (secondary N) is 2. The van der Waals surface area contributed by atoms with Crippen LogP contribution in [0.15, 0.2) is 30.9 Å². The summed E-state index contributed by atoms with van der Waals surface area (Å²) in [6, 6.07) is 4.75. The summed E-state index contributed by atoms with van der Waals surface area (Å²) < 4.78 is 15.8. The van der Waals surface area contributed by atoms with Gasteiger partial charge in [-0.1, -0.05) is 24.1 Å². The highest BCUT2D eigenvalue weighted by Gasteiger charge is 2.41. The zero-order chi connectivity index (χ0) is 21.1. The molecule has 4 rings (SSSR count). The van der Waals surface area contributed by atoms with Crippen molar-refractivity contribution in [2.75, 3.05) is 13.1 Å². The third-order valence-electron chi connectivity index (χ3n) is 5.80. The van der Waals surface area contributed by atoms with E-state index in [1.165, 1.54) is 11.2 Å². The van der Waals surface area contributed by atoms with Crippen LogP contribution in [0.25, 0.3) is 5.69 Å². The van der Waals surface area contributed by atoms with Crippen LogP contribution in [-0.4, -0.2) is 62.8 Å². The van der Waals surface area contributed by atoms with Gasteiger partial charge in [0.1, 0.15) is 24.9 Å². The lowest BCUT2D eigenvalue weighted by Gasteiger charge is -2.30. The Kier molecular flexibility index (Phi) is 6.08. The Morgan fingerprint density at radius 2 is 2.20 bits per heavy atom. The molecular weight excluding hydrogens is 387 g/mol. The Hall–Kier alpha value is -2.81. The van der Waals surface area contributed by atoms with Crippen molar-refractivity contribution < 1.29 is 14.0 Å². The molecule has 1 aromatic carbocycles. The van der Waals surface area contributed by atoms with Gasteiger partial charge >= 0.3 is 0 Å². The van der Waals surface area contributed by atoms with Crippen LogP contribution >= 0.6 is 0 Å². The molecule has 0 saturated carbocycles. The SMILES string of the molecule is Cc1ccc(-n2cncn2)c(CNC(=O)C2C[C@@H](F)CN2C(=O)[C@H]2CCCCN2)c1. The zero-order valence-corrected chi connectivity index (χ0v) is 17.1. The smallest absolute Gasteiger partial charge is 0.243 e. The van der Waals surface area contributed by atoms with Gasteiger partial charge in [-0.25, -0.2) is 14.1 Å². The van der Waals surface area contributed by atoms with Crippen LogP contribution in [0.2, 0.25) is 0 Å². The molecule has 2 amide bonds. The summed E-state index contributed by atoms with van der Waals surface area (Å²) in [6.45, 7) is 2.98. The van der Waals surface area contributed by atoms with Gasteiger partial charge in [0.15, 0.2) is 0 Å². The molecule has 2 aliphatic heterocycles. The highest BCUT2D eigenvalue weighted by Crippen LogP contribution is 2.24. The molecule has 0 aliphatic carbocycles. The first-order valence-corrected chi connectivity index (χ1v) is 10.4. The van der Waals surface area contributed by atoms with Crippen LogP contribution in [0, 0.1) is 6.92 Å². The summed E-state index contributed by atoms with van der Waals surface area (Å²) in [5.74, 6) is -0.501. The molecule has 2 saturated heterocycles. The van der Waals surface area contributed by atoms with E-state index in [0.717, 1.165) is 42.6 Å². The van der Waals surface area contributed by atoms with Crippen LogP contribution < -0.4 is 10.6 Å². The Morgan fingerprint density at radius 1 is 1.33 bits per heavy atom. The van der Waals surface area contributed by atoms with Crippen molar-refractivity contribution >= 4 is 11.8 Å². The molecule has 3 heterocycles. The second-order valence-corrected chi connectivity index (χ2v) is 8.03. The molecule has 1 unspecified atom stereocenters. The number of piperidine rings is 1. The topological polar surface area (TPSA) is 92.2 Å². The van der Waals surface area contributed by atoms with E-state index < -0.39 is 12.2 Å². The molecule has 9 heteroatoms. The van der Waals surface area contributed by atoms with Crippen LogP contribution in [0.5, 0.6) is 0 Å². The normalized spacial score (nSPS) is 24.1. The van der Waals surface area contributed by atoms with Crippen molar-refractivity contribution in [3.05, 3.63) is 42.0 Å². The molecule has 8 nitrogen and oxygen atoms in total. The number of amides is 2. The number of benzene rings is 1. The van der Waals surface area contributed by atoms with Crippen molar-refractivity contribution in [1.29, 1.82) is 0 Å². The van der Waals surface area contributed by atoms with Gasteiger partial charge in [0.05, 0.1) is 18.3 Å². The standard InChI is InChI=1S/C21H27FN6O2/c1-14-5-6-18(28-13-23-12-26-28)15(8-14)10-25-20(29)19-9-16(22)11-27(19)21(30)17-4-2-3-7-24-17/h5-6,8,12-13,16-17,19,24H,2-4,7,9-11H2,1H3,(H,25,29)/t16-,17-,19?/m1/s1. The van der Waals surface area contributed by atoms with Crippen molar-refractivity contribution in [3.63, 3.8) is 0 Å². The Balaban J connectivity index is 1.45. The van der Waals surface area contributed by atoms with Gasteiger partial charge in [0, 0.05) is 13.0 Å². The van der Waals surface area contributed by atoms with Crippen LogP contribution in [0.1, 0.15) is 36.8 Å². The minimum Gasteiger partial charge on any atom is -0.350 e. The van der Waals surface area contributed by atoms with Gasteiger partial charge in [0.25, 0.3) is 0 Å². The van der Waals surface area contributed by atoms with E-state index >= 15 is 0 Å². The lowest BCUT2D eigenvalue weighted by molar-refractivity contribution is -0.140. The fraction of sp³-hybridized carbons (Fsp3) is 0.524. The molecule has 0 bridgehead atoms. The van der Waals surface area contributed by atoms with Crippen molar-refractivity contribution in [2.45, 2.75) is 57.4 Å². The lowest BCUT2D eigenvalue weighted by Crippen LogP contribution is -2.53. The number of aryl methyl sites for hydroxylation is 1. The average Bonchev–Trinajstić information content (AvgIpc) is 3.42. The van der Waals surface area contributed by atoms with Crippen molar-refractivity contribution in [2.24, 2.45) is 0 Å². The second-order valence-electron chi connectivity index (χ2n) is 8.03. The predicted molar refractivity (Wildman–Crippen MR) is 109 cm³/mol. The molecule has 0 spiro atoms. The summed E-state index contributed by atoms with van der Waals surface area (Å²) in [5.41, 5.74) is 2.73. The van der Waals surface area contributed by atoms with E-state index in [1.54, 1.807) is 11.0 Å². The first kappa shape index (κ1) is 20.5. The molecule has 2 N–H and O–H groups in total. The van der Waals surface area contributed by atoms with E-state index in [-0.39, 0.29) is 37.4 Å². The lowest BCUT2D eigenvalue weighted by atomic mass is 10.0.